The first-order valence-corrected chi connectivity index (χ1v) is 10.5. The lowest BCUT2D eigenvalue weighted by Gasteiger charge is -2.30. The first kappa shape index (κ1) is 23.0. The van der Waals surface area contributed by atoms with E-state index in [1.165, 1.54) is 0 Å². The van der Waals surface area contributed by atoms with Crippen LogP contribution in [0, 0.1) is 13.8 Å². The number of carbonyl (C=O) groups excluding carboxylic acids is 2. The summed E-state index contributed by atoms with van der Waals surface area (Å²) in [7, 11) is 0. The second kappa shape index (κ2) is 10.4. The first-order chi connectivity index (χ1) is 13.7. The quantitative estimate of drug-likeness (QED) is 0.672. The van der Waals surface area contributed by atoms with Crippen LogP contribution in [-0.2, 0) is 22.6 Å². The van der Waals surface area contributed by atoms with Crippen molar-refractivity contribution in [1.82, 2.24) is 10.2 Å². The molecule has 0 spiro atoms. The van der Waals surface area contributed by atoms with Crippen molar-refractivity contribution in [3.63, 3.8) is 0 Å². The van der Waals surface area contributed by atoms with Crippen LogP contribution in [0.1, 0.15) is 49.4 Å². The molecular weight excluding hydrogens is 384 g/mol. The van der Waals surface area contributed by atoms with E-state index in [-0.39, 0.29) is 24.3 Å². The summed E-state index contributed by atoms with van der Waals surface area (Å²) < 4.78 is 0. The number of carbonyl (C=O) groups is 2. The zero-order valence-electron chi connectivity index (χ0n) is 18.0. The summed E-state index contributed by atoms with van der Waals surface area (Å²) in [4.78, 5) is 27.7. The fourth-order valence-corrected chi connectivity index (χ4v) is 3.35. The van der Waals surface area contributed by atoms with E-state index in [0.29, 0.717) is 11.6 Å². The van der Waals surface area contributed by atoms with Crippen LogP contribution in [0.25, 0.3) is 0 Å². The van der Waals surface area contributed by atoms with E-state index in [4.69, 9.17) is 11.6 Å². The van der Waals surface area contributed by atoms with E-state index < -0.39 is 6.04 Å². The first-order valence-electron chi connectivity index (χ1n) is 10.1. The van der Waals surface area contributed by atoms with Crippen molar-refractivity contribution < 1.29 is 9.59 Å². The van der Waals surface area contributed by atoms with E-state index in [1.807, 2.05) is 64.1 Å². The molecule has 0 aromatic heterocycles. The Morgan fingerprint density at radius 2 is 1.83 bits per heavy atom. The molecule has 0 fully saturated rings. The van der Waals surface area contributed by atoms with Gasteiger partial charge in [0.15, 0.2) is 0 Å². The van der Waals surface area contributed by atoms with Crippen molar-refractivity contribution in [2.45, 2.75) is 66.1 Å². The Morgan fingerprint density at radius 1 is 1.10 bits per heavy atom. The maximum atomic E-state index is 13.3. The monoisotopic (exact) mass is 414 g/mol. The van der Waals surface area contributed by atoms with Gasteiger partial charge in [0, 0.05) is 17.6 Å². The third kappa shape index (κ3) is 6.60. The molecule has 2 amide bonds. The molecule has 0 unspecified atom stereocenters. The minimum Gasteiger partial charge on any atom is -0.352 e. The van der Waals surface area contributed by atoms with Gasteiger partial charge < -0.3 is 10.2 Å². The van der Waals surface area contributed by atoms with Gasteiger partial charge in [-0.2, -0.15) is 0 Å². The van der Waals surface area contributed by atoms with Crippen molar-refractivity contribution in [3.05, 3.63) is 69.7 Å². The van der Waals surface area contributed by atoms with Crippen LogP contribution in [0.2, 0.25) is 5.02 Å². The van der Waals surface area contributed by atoms with Crippen LogP contribution < -0.4 is 5.32 Å². The largest absolute Gasteiger partial charge is 0.352 e. The van der Waals surface area contributed by atoms with Crippen LogP contribution in [0.15, 0.2) is 42.5 Å². The number of amides is 2. The number of aryl methyl sites for hydroxylation is 2. The summed E-state index contributed by atoms with van der Waals surface area (Å²) in [6, 6.07) is 13.0. The number of rotatable bonds is 8. The Morgan fingerprint density at radius 3 is 2.48 bits per heavy atom. The Hall–Kier alpha value is -2.33. The molecule has 156 valence electrons. The SMILES string of the molecule is CC[C@H](C)NC(=O)[C@H](C)N(Cc1cccc(Cl)c1)C(=O)Cc1cc(C)ccc1C. The standard InChI is InChI=1S/C24H31ClN2O2/c1-6-18(4)26-24(29)19(5)27(15-20-8-7-9-22(25)13-20)23(28)14-21-12-16(2)10-11-17(21)3/h7-13,18-19H,6,14-15H2,1-5H3,(H,26,29)/t18-,19-/m0/s1. The Labute approximate surface area is 179 Å². The molecule has 0 aliphatic rings. The fourth-order valence-electron chi connectivity index (χ4n) is 3.14. The number of nitrogens with zero attached hydrogens (tertiary/aromatic N) is 1. The van der Waals surface area contributed by atoms with Gasteiger partial charge in [-0.05, 0) is 62.9 Å². The Kier molecular flexibility index (Phi) is 8.27. The van der Waals surface area contributed by atoms with Crippen molar-refractivity contribution in [3.8, 4) is 0 Å². The van der Waals surface area contributed by atoms with E-state index in [0.717, 1.165) is 28.7 Å². The van der Waals surface area contributed by atoms with Crippen molar-refractivity contribution in [1.29, 1.82) is 0 Å². The van der Waals surface area contributed by atoms with Gasteiger partial charge in [0.1, 0.15) is 6.04 Å². The van der Waals surface area contributed by atoms with Gasteiger partial charge in [-0.25, -0.2) is 0 Å². The fraction of sp³-hybridized carbons (Fsp3) is 0.417. The van der Waals surface area contributed by atoms with Gasteiger partial charge >= 0.3 is 0 Å². The number of benzene rings is 2. The van der Waals surface area contributed by atoms with Gasteiger partial charge in [0.25, 0.3) is 0 Å². The molecule has 0 radical (unpaired) electrons. The van der Waals surface area contributed by atoms with Crippen molar-refractivity contribution >= 4 is 23.4 Å². The number of hydrogen-bond acceptors (Lipinski definition) is 2. The van der Waals surface area contributed by atoms with Gasteiger partial charge in [-0.3, -0.25) is 9.59 Å². The zero-order chi connectivity index (χ0) is 21.6. The highest BCUT2D eigenvalue weighted by Gasteiger charge is 2.27. The maximum absolute atomic E-state index is 13.3. The van der Waals surface area contributed by atoms with Gasteiger partial charge in [-0.1, -0.05) is 54.4 Å². The summed E-state index contributed by atoms with van der Waals surface area (Å²) >= 11 is 6.12. The molecule has 0 bridgehead atoms. The zero-order valence-corrected chi connectivity index (χ0v) is 18.7. The van der Waals surface area contributed by atoms with Gasteiger partial charge in [0.05, 0.1) is 6.42 Å². The lowest BCUT2D eigenvalue weighted by atomic mass is 10.0. The second-order valence-electron chi connectivity index (χ2n) is 7.75. The van der Waals surface area contributed by atoms with Crippen LogP contribution in [0.5, 0.6) is 0 Å². The predicted octanol–water partition coefficient (Wildman–Crippen LogP) is 4.83. The molecule has 2 rings (SSSR count). The van der Waals surface area contributed by atoms with Crippen LogP contribution in [0.4, 0.5) is 0 Å². The third-order valence-electron chi connectivity index (χ3n) is 5.26. The third-order valence-corrected chi connectivity index (χ3v) is 5.49. The lowest BCUT2D eigenvalue weighted by molar-refractivity contribution is -0.140. The molecule has 2 aromatic rings. The highest BCUT2D eigenvalue weighted by molar-refractivity contribution is 6.30. The molecule has 0 saturated carbocycles. The predicted molar refractivity (Wildman–Crippen MR) is 119 cm³/mol. The highest BCUT2D eigenvalue weighted by atomic mass is 35.5. The maximum Gasteiger partial charge on any atom is 0.242 e. The van der Waals surface area contributed by atoms with E-state index in [2.05, 4.69) is 5.32 Å². The van der Waals surface area contributed by atoms with Crippen LogP contribution in [-0.4, -0.2) is 28.8 Å². The molecule has 1 N–H and O–H groups in total. The summed E-state index contributed by atoms with van der Waals surface area (Å²) in [5.41, 5.74) is 4.07. The summed E-state index contributed by atoms with van der Waals surface area (Å²) in [6.07, 6.45) is 1.10. The summed E-state index contributed by atoms with van der Waals surface area (Å²) in [5, 5.41) is 3.60. The molecule has 0 heterocycles. The number of halogens is 1. The lowest BCUT2D eigenvalue weighted by Crippen LogP contribution is -2.49. The molecule has 0 saturated heterocycles. The van der Waals surface area contributed by atoms with Crippen molar-refractivity contribution in [2.75, 3.05) is 0 Å². The minimum absolute atomic E-state index is 0.0621. The molecule has 2 aromatic carbocycles. The van der Waals surface area contributed by atoms with Gasteiger partial charge in [-0.15, -0.1) is 0 Å². The van der Waals surface area contributed by atoms with Crippen LogP contribution in [0.3, 0.4) is 0 Å². The molecule has 0 aliphatic carbocycles. The molecule has 2 atom stereocenters. The average molecular weight is 415 g/mol. The highest BCUT2D eigenvalue weighted by Crippen LogP contribution is 2.18. The average Bonchev–Trinajstić information content (AvgIpc) is 2.68. The Bertz CT molecular complexity index is 866. The molecule has 0 aliphatic heterocycles. The topological polar surface area (TPSA) is 49.4 Å². The Balaban J connectivity index is 2.28. The van der Waals surface area contributed by atoms with E-state index in [9.17, 15) is 9.59 Å². The second-order valence-corrected chi connectivity index (χ2v) is 8.19. The number of nitrogens with one attached hydrogen (secondary N) is 1. The molecular formula is C24H31ClN2O2. The smallest absolute Gasteiger partial charge is 0.242 e. The van der Waals surface area contributed by atoms with Gasteiger partial charge in [0.2, 0.25) is 11.8 Å². The minimum atomic E-state index is -0.583. The summed E-state index contributed by atoms with van der Waals surface area (Å²) in [6.45, 7) is 10.1. The molecule has 4 nitrogen and oxygen atoms in total. The molecule has 5 heteroatoms. The summed E-state index contributed by atoms with van der Waals surface area (Å²) in [5.74, 6) is -0.221. The van der Waals surface area contributed by atoms with Crippen molar-refractivity contribution in [2.24, 2.45) is 0 Å². The normalized spacial score (nSPS) is 12.9. The van der Waals surface area contributed by atoms with E-state index in [1.54, 1.807) is 17.9 Å². The van der Waals surface area contributed by atoms with E-state index >= 15 is 0 Å². The number of hydrogen-bond donors (Lipinski definition) is 1. The molecule has 29 heavy (non-hydrogen) atoms. The van der Waals surface area contributed by atoms with Crippen LogP contribution >= 0.6 is 11.6 Å².